The number of para-hydroxylation sites is 1. The molecule has 0 saturated heterocycles. The molecule has 2 heterocycles. The van der Waals surface area contributed by atoms with Gasteiger partial charge in [0.2, 0.25) is 0 Å². The second-order valence-corrected chi connectivity index (χ2v) is 13.3. The van der Waals surface area contributed by atoms with Crippen LogP contribution in [0.1, 0.15) is 5.82 Å². The zero-order valence-corrected chi connectivity index (χ0v) is 27.2. The summed E-state index contributed by atoms with van der Waals surface area (Å²) in [4.78, 5) is 14.9. The molecule has 0 saturated carbocycles. The molecule has 0 atom stereocenters. The molecule has 4 heteroatoms. The van der Waals surface area contributed by atoms with Gasteiger partial charge in [0.05, 0.1) is 34.8 Å². The first kappa shape index (κ1) is 27.3. The van der Waals surface area contributed by atoms with Gasteiger partial charge in [0, 0.05) is 16.8 Å². The topological polar surface area (TPSA) is 43.6 Å². The standard InChI is InChI=1S/C46H28N4/c1-27-49-39-24-31(20-21-42(39)50(27)34-11-3-2-4-12-34)40-25-48-41(26-47-40)33-22-32-19-18-30-9-6-14-36-35-13-5-8-28-16-17-29-10-7-15-37(45(29)43(28)35)38(23-33)46(32)44(30)36/h2-26H,1H3. The van der Waals surface area contributed by atoms with Crippen LogP contribution in [-0.4, -0.2) is 19.5 Å². The van der Waals surface area contributed by atoms with Gasteiger partial charge in [0.25, 0.3) is 0 Å². The van der Waals surface area contributed by atoms with Crippen LogP contribution in [0.25, 0.3) is 104 Å². The van der Waals surface area contributed by atoms with E-state index >= 15 is 0 Å². The highest BCUT2D eigenvalue weighted by molar-refractivity contribution is 6.37. The van der Waals surface area contributed by atoms with Gasteiger partial charge in [-0.1, -0.05) is 103 Å². The van der Waals surface area contributed by atoms with Crippen LogP contribution in [0.5, 0.6) is 0 Å². The molecule has 232 valence electrons. The molecule has 0 bridgehead atoms. The molecular formula is C46H28N4. The fourth-order valence-corrected chi connectivity index (χ4v) is 8.32. The molecule has 11 aromatic rings. The van der Waals surface area contributed by atoms with E-state index in [0.29, 0.717) is 0 Å². The van der Waals surface area contributed by atoms with Crippen LogP contribution in [0.4, 0.5) is 0 Å². The van der Waals surface area contributed by atoms with Gasteiger partial charge in [-0.05, 0) is 108 Å². The fourth-order valence-electron chi connectivity index (χ4n) is 8.32. The van der Waals surface area contributed by atoms with Crippen molar-refractivity contribution in [3.63, 3.8) is 0 Å². The Labute approximate surface area is 287 Å². The van der Waals surface area contributed by atoms with Crippen molar-refractivity contribution in [1.82, 2.24) is 19.5 Å². The number of fused-ring (bicyclic) bond motifs is 3. The zero-order chi connectivity index (χ0) is 32.9. The summed E-state index contributed by atoms with van der Waals surface area (Å²) in [5, 5.41) is 15.2. The lowest BCUT2D eigenvalue weighted by molar-refractivity contribution is 1.00. The van der Waals surface area contributed by atoms with Crippen LogP contribution in [0.2, 0.25) is 0 Å². The number of aryl methyl sites for hydroxylation is 1. The minimum Gasteiger partial charge on any atom is -0.297 e. The van der Waals surface area contributed by atoms with Gasteiger partial charge >= 0.3 is 0 Å². The van der Waals surface area contributed by atoms with Crippen molar-refractivity contribution in [2.24, 2.45) is 0 Å². The van der Waals surface area contributed by atoms with Crippen molar-refractivity contribution in [2.45, 2.75) is 6.92 Å². The summed E-state index contributed by atoms with van der Waals surface area (Å²) in [6, 6.07) is 50.5. The van der Waals surface area contributed by atoms with Crippen LogP contribution in [0.3, 0.4) is 0 Å². The van der Waals surface area contributed by atoms with Crippen molar-refractivity contribution in [1.29, 1.82) is 0 Å². The maximum Gasteiger partial charge on any atom is 0.111 e. The minimum atomic E-state index is 0.821. The SMILES string of the molecule is Cc1nc2cc(-c3cnc(-c4cc5ccc6cccc7c8cccc9ccc%10cccc(c(c4)c5c67)c%10c98)cn3)ccc2n1-c1ccccc1. The summed E-state index contributed by atoms with van der Waals surface area (Å²) >= 11 is 0. The molecule has 0 aliphatic heterocycles. The van der Waals surface area contributed by atoms with Crippen LogP contribution in [0.15, 0.2) is 152 Å². The fraction of sp³-hybridized carbons (Fsp3) is 0.0217. The zero-order valence-electron chi connectivity index (χ0n) is 27.2. The van der Waals surface area contributed by atoms with Crippen LogP contribution in [0, 0.1) is 6.92 Å². The van der Waals surface area contributed by atoms with E-state index in [1.165, 1.54) is 64.6 Å². The Kier molecular flexibility index (Phi) is 5.56. The highest BCUT2D eigenvalue weighted by atomic mass is 15.1. The average Bonchev–Trinajstić information content (AvgIpc) is 3.51. The third kappa shape index (κ3) is 3.84. The largest absolute Gasteiger partial charge is 0.297 e. The molecule has 9 aromatic carbocycles. The monoisotopic (exact) mass is 636 g/mol. The van der Waals surface area contributed by atoms with Gasteiger partial charge in [0.1, 0.15) is 5.82 Å². The van der Waals surface area contributed by atoms with Crippen molar-refractivity contribution in [2.75, 3.05) is 0 Å². The maximum atomic E-state index is 5.01. The number of aromatic nitrogens is 4. The summed E-state index contributed by atoms with van der Waals surface area (Å²) in [6.07, 6.45) is 3.80. The third-order valence-corrected chi connectivity index (χ3v) is 10.5. The van der Waals surface area contributed by atoms with Gasteiger partial charge in [-0.2, -0.15) is 0 Å². The lowest BCUT2D eigenvalue weighted by atomic mass is 9.87. The summed E-state index contributed by atoms with van der Waals surface area (Å²) in [5.74, 6) is 0.951. The van der Waals surface area contributed by atoms with E-state index in [1.807, 2.05) is 25.4 Å². The van der Waals surface area contributed by atoms with Crippen LogP contribution < -0.4 is 0 Å². The molecule has 4 nitrogen and oxygen atoms in total. The van der Waals surface area contributed by atoms with Crippen LogP contribution >= 0.6 is 0 Å². The van der Waals surface area contributed by atoms with Gasteiger partial charge < -0.3 is 0 Å². The number of benzene rings is 8. The van der Waals surface area contributed by atoms with Crippen molar-refractivity contribution >= 4 is 75.7 Å². The van der Waals surface area contributed by atoms with Crippen molar-refractivity contribution in [3.8, 4) is 28.2 Å². The summed E-state index contributed by atoms with van der Waals surface area (Å²) in [5.41, 5.74) is 6.82. The summed E-state index contributed by atoms with van der Waals surface area (Å²) in [6.45, 7) is 2.05. The normalized spacial score (nSPS) is 12.1. The Morgan fingerprint density at radius 1 is 0.440 bits per heavy atom. The number of rotatable bonds is 3. The predicted molar refractivity (Wildman–Crippen MR) is 208 cm³/mol. The lowest BCUT2D eigenvalue weighted by Gasteiger charge is -2.17. The molecule has 0 aliphatic carbocycles. The van der Waals surface area contributed by atoms with E-state index in [4.69, 9.17) is 15.0 Å². The molecule has 0 amide bonds. The highest BCUT2D eigenvalue weighted by Gasteiger charge is 2.17. The number of imidazole rings is 1. The summed E-state index contributed by atoms with van der Waals surface area (Å²) in [7, 11) is 0. The second-order valence-electron chi connectivity index (χ2n) is 13.3. The first-order valence-electron chi connectivity index (χ1n) is 17.0. The van der Waals surface area contributed by atoms with E-state index in [2.05, 4.69) is 138 Å². The molecule has 0 radical (unpaired) electrons. The first-order valence-corrected chi connectivity index (χ1v) is 17.0. The van der Waals surface area contributed by atoms with E-state index in [-0.39, 0.29) is 0 Å². The molecule has 11 rings (SSSR count). The van der Waals surface area contributed by atoms with Crippen molar-refractivity contribution < 1.29 is 0 Å². The Hall–Kier alpha value is -6.65. The number of hydrogen-bond donors (Lipinski definition) is 0. The third-order valence-electron chi connectivity index (χ3n) is 10.5. The minimum absolute atomic E-state index is 0.821. The first-order chi connectivity index (χ1) is 24.7. The summed E-state index contributed by atoms with van der Waals surface area (Å²) < 4.78 is 2.19. The Morgan fingerprint density at radius 3 is 1.62 bits per heavy atom. The van der Waals surface area contributed by atoms with Crippen molar-refractivity contribution in [3.05, 3.63) is 158 Å². The molecule has 0 fully saturated rings. The van der Waals surface area contributed by atoms with Crippen LogP contribution in [-0.2, 0) is 0 Å². The van der Waals surface area contributed by atoms with Gasteiger partial charge in [-0.15, -0.1) is 0 Å². The number of nitrogens with zero attached hydrogens (tertiary/aromatic N) is 4. The highest BCUT2D eigenvalue weighted by Crippen LogP contribution is 2.44. The average molecular weight is 637 g/mol. The number of hydrogen-bond acceptors (Lipinski definition) is 3. The molecule has 0 N–H and O–H groups in total. The second kappa shape index (κ2) is 10.2. The smallest absolute Gasteiger partial charge is 0.111 e. The lowest BCUT2D eigenvalue weighted by Crippen LogP contribution is -1.96. The van der Waals surface area contributed by atoms with E-state index in [9.17, 15) is 0 Å². The van der Waals surface area contributed by atoms with E-state index in [0.717, 1.165) is 45.1 Å². The van der Waals surface area contributed by atoms with E-state index in [1.54, 1.807) is 0 Å². The Balaban J connectivity index is 1.12. The molecule has 0 unspecified atom stereocenters. The van der Waals surface area contributed by atoms with Gasteiger partial charge in [-0.3, -0.25) is 14.5 Å². The molecule has 50 heavy (non-hydrogen) atoms. The Morgan fingerprint density at radius 2 is 1.00 bits per heavy atom. The maximum absolute atomic E-state index is 5.01. The molecule has 0 spiro atoms. The predicted octanol–water partition coefficient (Wildman–Crippen LogP) is 11.8. The van der Waals surface area contributed by atoms with Gasteiger partial charge in [0.15, 0.2) is 0 Å². The van der Waals surface area contributed by atoms with E-state index < -0.39 is 0 Å². The molecule has 2 aromatic heterocycles. The molecule has 0 aliphatic rings. The molecular weight excluding hydrogens is 609 g/mol. The quantitative estimate of drug-likeness (QED) is 0.181. The van der Waals surface area contributed by atoms with Gasteiger partial charge in [-0.25, -0.2) is 4.98 Å². The Bertz CT molecular complexity index is 3130.